The standard InChI is InChI=1S/C13H8N2/c14-8-2-1-4-11-5-3-6-12-7-9-15-10-13(11)12/h3,5-7,9-10H,2H2. The summed E-state index contributed by atoms with van der Waals surface area (Å²) in [6, 6.07) is 9.86. The molecule has 0 fully saturated rings. The fourth-order valence-corrected chi connectivity index (χ4v) is 1.40. The molecule has 0 atom stereocenters. The van der Waals surface area contributed by atoms with E-state index in [1.54, 1.807) is 12.4 Å². The van der Waals surface area contributed by atoms with Gasteiger partial charge in [-0.05, 0) is 17.5 Å². The van der Waals surface area contributed by atoms with Gasteiger partial charge in [-0.25, -0.2) is 0 Å². The van der Waals surface area contributed by atoms with E-state index in [0.29, 0.717) is 0 Å². The van der Waals surface area contributed by atoms with Crippen molar-refractivity contribution in [2.24, 2.45) is 0 Å². The number of pyridine rings is 1. The number of hydrogen-bond donors (Lipinski definition) is 0. The van der Waals surface area contributed by atoms with Crippen LogP contribution in [0.2, 0.25) is 0 Å². The Morgan fingerprint density at radius 1 is 1.27 bits per heavy atom. The Bertz CT molecular complexity index is 577. The average Bonchev–Trinajstić information content (AvgIpc) is 2.30. The molecule has 2 rings (SSSR count). The van der Waals surface area contributed by atoms with Gasteiger partial charge < -0.3 is 0 Å². The zero-order valence-corrected chi connectivity index (χ0v) is 8.07. The summed E-state index contributed by atoms with van der Waals surface area (Å²) in [5, 5.41) is 10.5. The Morgan fingerprint density at radius 2 is 2.20 bits per heavy atom. The smallest absolute Gasteiger partial charge is 0.0966 e. The predicted octanol–water partition coefficient (Wildman–Crippen LogP) is 2.50. The van der Waals surface area contributed by atoms with Gasteiger partial charge in [0.25, 0.3) is 0 Å². The third-order valence-electron chi connectivity index (χ3n) is 2.07. The van der Waals surface area contributed by atoms with Crippen LogP contribution in [0.1, 0.15) is 12.0 Å². The Hall–Kier alpha value is -2.32. The van der Waals surface area contributed by atoms with Gasteiger partial charge in [0.15, 0.2) is 0 Å². The van der Waals surface area contributed by atoms with E-state index in [9.17, 15) is 0 Å². The minimum absolute atomic E-state index is 0.261. The van der Waals surface area contributed by atoms with E-state index in [1.165, 1.54) is 0 Å². The van der Waals surface area contributed by atoms with E-state index in [-0.39, 0.29) is 6.42 Å². The number of fused-ring (bicyclic) bond motifs is 1. The first-order valence-corrected chi connectivity index (χ1v) is 4.60. The molecule has 0 unspecified atom stereocenters. The van der Waals surface area contributed by atoms with Crippen molar-refractivity contribution in [3.63, 3.8) is 0 Å². The first kappa shape index (κ1) is 9.24. The van der Waals surface area contributed by atoms with Crippen molar-refractivity contribution >= 4 is 10.8 Å². The molecule has 0 saturated heterocycles. The maximum absolute atomic E-state index is 8.39. The molecule has 0 saturated carbocycles. The number of aromatic nitrogens is 1. The Balaban J connectivity index is 2.54. The second-order valence-corrected chi connectivity index (χ2v) is 3.04. The molecule has 0 radical (unpaired) electrons. The van der Waals surface area contributed by atoms with Gasteiger partial charge >= 0.3 is 0 Å². The fourth-order valence-electron chi connectivity index (χ4n) is 1.40. The van der Waals surface area contributed by atoms with Crippen LogP contribution in [0.5, 0.6) is 0 Å². The van der Waals surface area contributed by atoms with Crippen molar-refractivity contribution in [3.8, 4) is 17.9 Å². The maximum Gasteiger partial charge on any atom is 0.0966 e. The van der Waals surface area contributed by atoms with E-state index < -0.39 is 0 Å². The highest BCUT2D eigenvalue weighted by atomic mass is 14.6. The first-order chi connectivity index (χ1) is 7.42. The van der Waals surface area contributed by atoms with Gasteiger partial charge in [-0.15, -0.1) is 0 Å². The molecule has 0 amide bonds. The normalized spacial score (nSPS) is 9.00. The van der Waals surface area contributed by atoms with Crippen LogP contribution in [0.25, 0.3) is 10.8 Å². The molecular formula is C13H8N2. The molecule has 0 aliphatic rings. The zero-order chi connectivity index (χ0) is 10.5. The molecule has 2 aromatic rings. The lowest BCUT2D eigenvalue weighted by molar-refractivity contribution is 1.36. The highest BCUT2D eigenvalue weighted by Crippen LogP contribution is 2.15. The topological polar surface area (TPSA) is 36.7 Å². The monoisotopic (exact) mass is 192 g/mol. The van der Waals surface area contributed by atoms with E-state index in [2.05, 4.69) is 16.8 Å². The molecule has 1 aromatic heterocycles. The number of nitriles is 1. The van der Waals surface area contributed by atoms with Crippen LogP contribution in [0.15, 0.2) is 36.7 Å². The third-order valence-corrected chi connectivity index (χ3v) is 2.07. The molecule has 15 heavy (non-hydrogen) atoms. The van der Waals surface area contributed by atoms with Crippen molar-refractivity contribution < 1.29 is 0 Å². The molecule has 0 N–H and O–H groups in total. The lowest BCUT2D eigenvalue weighted by atomic mass is 10.1. The lowest BCUT2D eigenvalue weighted by Gasteiger charge is -1.98. The fraction of sp³-hybridized carbons (Fsp3) is 0.0769. The molecule has 0 bridgehead atoms. The minimum atomic E-state index is 0.261. The third kappa shape index (κ3) is 1.95. The predicted molar refractivity (Wildman–Crippen MR) is 58.9 cm³/mol. The summed E-state index contributed by atoms with van der Waals surface area (Å²) in [4.78, 5) is 4.07. The first-order valence-electron chi connectivity index (χ1n) is 4.60. The number of benzene rings is 1. The zero-order valence-electron chi connectivity index (χ0n) is 8.07. The van der Waals surface area contributed by atoms with E-state index in [4.69, 9.17) is 5.26 Å². The molecule has 70 valence electrons. The Labute approximate surface area is 88.2 Å². The van der Waals surface area contributed by atoms with Gasteiger partial charge in [0.05, 0.1) is 12.5 Å². The van der Waals surface area contributed by atoms with Gasteiger partial charge in [-0.1, -0.05) is 24.0 Å². The molecule has 0 aliphatic carbocycles. The van der Waals surface area contributed by atoms with Gasteiger partial charge in [0.1, 0.15) is 0 Å². The van der Waals surface area contributed by atoms with Gasteiger partial charge in [0, 0.05) is 23.3 Å². The van der Waals surface area contributed by atoms with Crippen LogP contribution < -0.4 is 0 Å². The summed E-state index contributed by atoms with van der Waals surface area (Å²) in [6.07, 6.45) is 3.82. The van der Waals surface area contributed by atoms with Crippen LogP contribution in [-0.2, 0) is 0 Å². The second-order valence-electron chi connectivity index (χ2n) is 3.04. The molecule has 0 aliphatic heterocycles. The molecule has 2 nitrogen and oxygen atoms in total. The molecular weight excluding hydrogens is 184 g/mol. The van der Waals surface area contributed by atoms with E-state index in [0.717, 1.165) is 16.3 Å². The lowest BCUT2D eigenvalue weighted by Crippen LogP contribution is -1.80. The summed E-state index contributed by atoms with van der Waals surface area (Å²) in [6.45, 7) is 0. The van der Waals surface area contributed by atoms with E-state index >= 15 is 0 Å². The van der Waals surface area contributed by atoms with Crippen LogP contribution in [0.4, 0.5) is 0 Å². The number of nitrogens with zero attached hydrogens (tertiary/aromatic N) is 2. The van der Waals surface area contributed by atoms with Gasteiger partial charge in [-0.2, -0.15) is 5.26 Å². The van der Waals surface area contributed by atoms with Gasteiger partial charge in [-0.3, -0.25) is 4.98 Å². The Morgan fingerprint density at radius 3 is 3.07 bits per heavy atom. The molecule has 1 heterocycles. The van der Waals surface area contributed by atoms with Crippen molar-refractivity contribution in [1.82, 2.24) is 4.98 Å². The largest absolute Gasteiger partial charge is 0.264 e. The van der Waals surface area contributed by atoms with Crippen LogP contribution in [0.3, 0.4) is 0 Å². The minimum Gasteiger partial charge on any atom is -0.264 e. The second kappa shape index (κ2) is 4.26. The van der Waals surface area contributed by atoms with Gasteiger partial charge in [0.2, 0.25) is 0 Å². The van der Waals surface area contributed by atoms with Crippen molar-refractivity contribution in [2.75, 3.05) is 0 Å². The van der Waals surface area contributed by atoms with Crippen LogP contribution in [-0.4, -0.2) is 4.98 Å². The molecule has 1 aromatic carbocycles. The summed E-state index contributed by atoms with van der Waals surface area (Å²) in [5.74, 6) is 5.78. The maximum atomic E-state index is 8.39. The van der Waals surface area contributed by atoms with E-state index in [1.807, 2.05) is 30.3 Å². The summed E-state index contributed by atoms with van der Waals surface area (Å²) in [7, 11) is 0. The molecule has 2 heteroatoms. The quantitative estimate of drug-likeness (QED) is 0.601. The summed E-state index contributed by atoms with van der Waals surface area (Å²) in [5.41, 5.74) is 0.927. The average molecular weight is 192 g/mol. The highest BCUT2D eigenvalue weighted by molar-refractivity contribution is 5.87. The Kier molecular flexibility index (Phi) is 2.63. The van der Waals surface area contributed by atoms with Crippen molar-refractivity contribution in [2.45, 2.75) is 6.42 Å². The number of hydrogen-bond acceptors (Lipinski definition) is 2. The van der Waals surface area contributed by atoms with Crippen molar-refractivity contribution in [1.29, 1.82) is 5.26 Å². The molecule has 0 spiro atoms. The SMILES string of the molecule is N#CCC#Cc1cccc2ccncc12. The highest BCUT2D eigenvalue weighted by Gasteiger charge is 1.96. The van der Waals surface area contributed by atoms with Crippen LogP contribution in [0, 0.1) is 23.2 Å². The number of rotatable bonds is 0. The van der Waals surface area contributed by atoms with Crippen LogP contribution >= 0.6 is 0 Å². The summed E-state index contributed by atoms with van der Waals surface area (Å²) < 4.78 is 0. The summed E-state index contributed by atoms with van der Waals surface area (Å²) >= 11 is 0. The van der Waals surface area contributed by atoms with Crippen molar-refractivity contribution in [3.05, 3.63) is 42.2 Å².